The highest BCUT2D eigenvalue weighted by atomic mass is 16.5. The summed E-state index contributed by atoms with van der Waals surface area (Å²) in [6.07, 6.45) is 3.13. The number of aliphatic hydroxyl groups excluding tert-OH is 1. The lowest BCUT2D eigenvalue weighted by Gasteiger charge is -2.26. The Morgan fingerprint density at radius 3 is 2.48 bits per heavy atom. The van der Waals surface area contributed by atoms with Gasteiger partial charge in [0.05, 0.1) is 31.6 Å². The van der Waals surface area contributed by atoms with E-state index in [0.717, 1.165) is 12.8 Å². The molecule has 0 bridgehead atoms. The van der Waals surface area contributed by atoms with E-state index in [2.05, 4.69) is 4.98 Å². The van der Waals surface area contributed by atoms with Crippen LogP contribution >= 0.6 is 0 Å². The number of Topliss-reactive ketones (excluding diaryl/α,β-unsaturated/α-hetero) is 1. The van der Waals surface area contributed by atoms with Crippen molar-refractivity contribution in [2.24, 2.45) is 0 Å². The van der Waals surface area contributed by atoms with E-state index in [4.69, 9.17) is 14.2 Å². The third-order valence-corrected chi connectivity index (χ3v) is 5.60. The predicted molar refractivity (Wildman–Crippen MR) is 112 cm³/mol. The fourth-order valence-corrected chi connectivity index (χ4v) is 4.14. The zero-order valence-electron chi connectivity index (χ0n) is 17.4. The standard InChI is InChI=1S/C23H24N2O6/c1-29-16-9-5-10-17(30-2)18(16)21(26)19-20(15-8-3-4-11-24-15)25(23(28)22(19)27)13-14-7-6-12-31-14/h3-5,8-11,14,20,26H,6-7,12-13H2,1-2H3/b21-19+. The fourth-order valence-electron chi connectivity index (χ4n) is 4.14. The van der Waals surface area contributed by atoms with E-state index in [1.165, 1.54) is 19.1 Å². The number of ether oxygens (including phenoxy) is 3. The molecule has 0 spiro atoms. The van der Waals surface area contributed by atoms with Crippen LogP contribution < -0.4 is 9.47 Å². The zero-order valence-corrected chi connectivity index (χ0v) is 17.4. The van der Waals surface area contributed by atoms with Gasteiger partial charge in [0.1, 0.15) is 28.9 Å². The number of benzene rings is 1. The lowest BCUT2D eigenvalue weighted by atomic mass is 9.97. The molecule has 1 aromatic heterocycles. The van der Waals surface area contributed by atoms with Gasteiger partial charge in [-0.05, 0) is 37.1 Å². The normalized spacial score (nSPS) is 22.7. The molecular weight excluding hydrogens is 400 g/mol. The number of ketones is 1. The molecule has 2 unspecified atom stereocenters. The smallest absolute Gasteiger partial charge is 0.295 e. The Morgan fingerprint density at radius 2 is 1.90 bits per heavy atom. The Labute approximate surface area is 180 Å². The first-order valence-corrected chi connectivity index (χ1v) is 10.1. The molecule has 1 aromatic carbocycles. The number of hydrogen-bond donors (Lipinski definition) is 1. The first-order chi connectivity index (χ1) is 15.1. The Balaban J connectivity index is 1.89. The highest BCUT2D eigenvalue weighted by molar-refractivity contribution is 6.46. The molecular formula is C23H24N2O6. The molecule has 31 heavy (non-hydrogen) atoms. The lowest BCUT2D eigenvalue weighted by Crippen LogP contribution is -2.36. The van der Waals surface area contributed by atoms with Crippen LogP contribution in [0.4, 0.5) is 0 Å². The molecule has 1 amide bonds. The van der Waals surface area contributed by atoms with Crippen molar-refractivity contribution >= 4 is 17.4 Å². The van der Waals surface area contributed by atoms with Crippen molar-refractivity contribution in [2.75, 3.05) is 27.4 Å². The van der Waals surface area contributed by atoms with Crippen molar-refractivity contribution in [1.29, 1.82) is 0 Å². The van der Waals surface area contributed by atoms with Gasteiger partial charge in [0.2, 0.25) is 0 Å². The Bertz CT molecular complexity index is 992. The van der Waals surface area contributed by atoms with E-state index >= 15 is 0 Å². The van der Waals surface area contributed by atoms with Crippen molar-refractivity contribution in [2.45, 2.75) is 25.0 Å². The van der Waals surface area contributed by atoms with Gasteiger partial charge in [-0.25, -0.2) is 0 Å². The quantitative estimate of drug-likeness (QED) is 0.432. The second-order valence-corrected chi connectivity index (χ2v) is 7.38. The molecule has 1 N–H and O–H groups in total. The maximum absolute atomic E-state index is 13.1. The van der Waals surface area contributed by atoms with Gasteiger partial charge < -0.3 is 24.2 Å². The number of carbonyl (C=O) groups is 2. The average Bonchev–Trinajstić information content (AvgIpc) is 3.41. The summed E-state index contributed by atoms with van der Waals surface area (Å²) in [6, 6.07) is 9.41. The van der Waals surface area contributed by atoms with Crippen molar-refractivity contribution in [1.82, 2.24) is 9.88 Å². The molecule has 2 saturated heterocycles. The van der Waals surface area contributed by atoms with Crippen LogP contribution in [-0.4, -0.2) is 60.2 Å². The largest absolute Gasteiger partial charge is 0.506 e. The summed E-state index contributed by atoms with van der Waals surface area (Å²) in [5, 5.41) is 11.3. The van der Waals surface area contributed by atoms with E-state index < -0.39 is 17.7 Å². The van der Waals surface area contributed by atoms with Gasteiger partial charge >= 0.3 is 0 Å². The molecule has 2 fully saturated rings. The van der Waals surface area contributed by atoms with Crippen molar-refractivity contribution in [3.8, 4) is 11.5 Å². The van der Waals surface area contributed by atoms with Crippen LogP contribution in [0, 0.1) is 0 Å². The average molecular weight is 424 g/mol. The summed E-state index contributed by atoms with van der Waals surface area (Å²) in [5.74, 6) is -1.19. The number of rotatable bonds is 6. The number of carbonyl (C=O) groups excluding carboxylic acids is 2. The topological polar surface area (TPSA) is 98.2 Å². The molecule has 4 rings (SSSR count). The van der Waals surface area contributed by atoms with E-state index in [-0.39, 0.29) is 29.5 Å². The molecule has 8 nitrogen and oxygen atoms in total. The molecule has 3 heterocycles. The van der Waals surface area contributed by atoms with Crippen molar-refractivity contribution in [3.63, 3.8) is 0 Å². The minimum absolute atomic E-state index is 0.0514. The van der Waals surface area contributed by atoms with Crippen LogP contribution in [0.3, 0.4) is 0 Å². The summed E-state index contributed by atoms with van der Waals surface area (Å²) in [7, 11) is 2.91. The second-order valence-electron chi connectivity index (χ2n) is 7.38. The third-order valence-electron chi connectivity index (χ3n) is 5.60. The number of amides is 1. The summed E-state index contributed by atoms with van der Waals surface area (Å²) >= 11 is 0. The number of aromatic nitrogens is 1. The van der Waals surface area contributed by atoms with E-state index in [1.54, 1.807) is 42.6 Å². The molecule has 0 saturated carbocycles. The third kappa shape index (κ3) is 3.74. The molecule has 162 valence electrons. The Kier molecular flexibility index (Phi) is 5.90. The van der Waals surface area contributed by atoms with E-state index in [1.807, 2.05) is 0 Å². The SMILES string of the molecule is COc1cccc(OC)c1/C(O)=C1\C(=O)C(=O)N(CC2CCCO2)C1c1ccccn1. The minimum atomic E-state index is -0.847. The molecule has 0 aliphatic carbocycles. The molecule has 0 radical (unpaired) electrons. The van der Waals surface area contributed by atoms with Crippen LogP contribution in [0.15, 0.2) is 48.2 Å². The van der Waals surface area contributed by atoms with Gasteiger partial charge in [-0.3, -0.25) is 14.6 Å². The van der Waals surface area contributed by atoms with E-state index in [0.29, 0.717) is 23.8 Å². The van der Waals surface area contributed by atoms with Crippen molar-refractivity contribution in [3.05, 3.63) is 59.4 Å². The Hall–Kier alpha value is -3.39. The summed E-state index contributed by atoms with van der Waals surface area (Å²) in [5.41, 5.74) is 0.642. The number of hydrogen-bond acceptors (Lipinski definition) is 7. The lowest BCUT2D eigenvalue weighted by molar-refractivity contribution is -0.140. The molecule has 2 aliphatic rings. The van der Waals surface area contributed by atoms with Crippen molar-refractivity contribution < 1.29 is 28.9 Å². The number of nitrogens with zero attached hydrogens (tertiary/aromatic N) is 2. The van der Waals surface area contributed by atoms with Gasteiger partial charge in [-0.2, -0.15) is 0 Å². The first kappa shape index (κ1) is 20.9. The van der Waals surface area contributed by atoms with Gasteiger partial charge in [0.15, 0.2) is 0 Å². The number of pyridine rings is 1. The van der Waals surface area contributed by atoms with Gasteiger partial charge in [0, 0.05) is 19.3 Å². The fraction of sp³-hybridized carbons (Fsp3) is 0.348. The van der Waals surface area contributed by atoms with Crippen LogP contribution in [0.1, 0.15) is 30.1 Å². The summed E-state index contributed by atoms with van der Waals surface area (Å²) < 4.78 is 16.5. The molecule has 8 heteroatoms. The summed E-state index contributed by atoms with van der Waals surface area (Å²) in [4.78, 5) is 32.0. The van der Waals surface area contributed by atoms with Gasteiger partial charge in [0.25, 0.3) is 11.7 Å². The zero-order chi connectivity index (χ0) is 22.0. The second kappa shape index (κ2) is 8.77. The van der Waals surface area contributed by atoms with Crippen LogP contribution in [0.5, 0.6) is 11.5 Å². The summed E-state index contributed by atoms with van der Waals surface area (Å²) in [6.45, 7) is 0.868. The molecule has 2 aromatic rings. The molecule has 2 atom stereocenters. The number of likely N-dealkylation sites (tertiary alicyclic amines) is 1. The maximum atomic E-state index is 13.1. The van der Waals surface area contributed by atoms with Crippen LogP contribution in [0.2, 0.25) is 0 Å². The van der Waals surface area contributed by atoms with Gasteiger partial charge in [-0.15, -0.1) is 0 Å². The monoisotopic (exact) mass is 424 g/mol. The number of methoxy groups -OCH3 is 2. The minimum Gasteiger partial charge on any atom is -0.506 e. The highest BCUT2D eigenvalue weighted by Crippen LogP contribution is 2.43. The van der Waals surface area contributed by atoms with Gasteiger partial charge in [-0.1, -0.05) is 12.1 Å². The van der Waals surface area contributed by atoms with Crippen LogP contribution in [0.25, 0.3) is 5.76 Å². The highest BCUT2D eigenvalue weighted by Gasteiger charge is 2.48. The first-order valence-electron chi connectivity index (χ1n) is 10.1. The number of aliphatic hydroxyl groups is 1. The van der Waals surface area contributed by atoms with Crippen LogP contribution in [-0.2, 0) is 14.3 Å². The predicted octanol–water partition coefficient (Wildman–Crippen LogP) is 2.70. The molecule has 2 aliphatic heterocycles. The Morgan fingerprint density at radius 1 is 1.16 bits per heavy atom. The maximum Gasteiger partial charge on any atom is 0.295 e. The van der Waals surface area contributed by atoms with E-state index in [9.17, 15) is 14.7 Å².